The first-order valence-corrected chi connectivity index (χ1v) is 8.87. The lowest BCUT2D eigenvalue weighted by Crippen LogP contribution is -2.28. The first kappa shape index (κ1) is 18.6. The van der Waals surface area contributed by atoms with Crippen molar-refractivity contribution in [1.82, 2.24) is 15.5 Å². The van der Waals surface area contributed by atoms with Gasteiger partial charge in [-0.2, -0.15) is 4.98 Å². The van der Waals surface area contributed by atoms with Crippen molar-refractivity contribution in [3.63, 3.8) is 0 Å². The third kappa shape index (κ3) is 4.73. The van der Waals surface area contributed by atoms with E-state index in [9.17, 15) is 4.79 Å². The molecule has 0 bridgehead atoms. The van der Waals surface area contributed by atoms with E-state index in [-0.39, 0.29) is 11.4 Å². The van der Waals surface area contributed by atoms with Crippen LogP contribution in [0.3, 0.4) is 0 Å². The third-order valence-corrected chi connectivity index (χ3v) is 4.17. The summed E-state index contributed by atoms with van der Waals surface area (Å²) in [6.45, 7) is 8.57. The second kappa shape index (κ2) is 7.61. The Bertz CT molecular complexity index is 924. The molecule has 0 spiro atoms. The van der Waals surface area contributed by atoms with Gasteiger partial charge < -0.3 is 15.2 Å². The van der Waals surface area contributed by atoms with Gasteiger partial charge in [0, 0.05) is 23.2 Å². The topological polar surface area (TPSA) is 80.0 Å². The van der Waals surface area contributed by atoms with E-state index in [1.807, 2.05) is 76.2 Å². The van der Waals surface area contributed by atoms with Gasteiger partial charge in [-0.15, -0.1) is 0 Å². The predicted octanol–water partition coefficient (Wildman–Crippen LogP) is 4.66. The Labute approximate surface area is 159 Å². The van der Waals surface area contributed by atoms with E-state index >= 15 is 0 Å². The highest BCUT2D eigenvalue weighted by Crippen LogP contribution is 2.24. The summed E-state index contributed by atoms with van der Waals surface area (Å²) in [6, 6.07) is 15.1. The molecule has 6 heteroatoms. The zero-order valence-electron chi connectivity index (χ0n) is 16.0. The highest BCUT2D eigenvalue weighted by atomic mass is 16.5. The minimum Gasteiger partial charge on any atom is -0.338 e. The van der Waals surface area contributed by atoms with E-state index < -0.39 is 0 Å². The van der Waals surface area contributed by atoms with Crippen LogP contribution < -0.4 is 10.6 Å². The van der Waals surface area contributed by atoms with Gasteiger partial charge >= 0.3 is 6.03 Å². The molecule has 2 amide bonds. The molecule has 0 radical (unpaired) electrons. The van der Waals surface area contributed by atoms with Gasteiger partial charge in [-0.1, -0.05) is 50.2 Å². The number of benzene rings is 2. The zero-order chi connectivity index (χ0) is 19.4. The summed E-state index contributed by atoms with van der Waals surface area (Å²) in [5, 5.41) is 9.72. The maximum Gasteiger partial charge on any atom is 0.319 e. The van der Waals surface area contributed by atoms with E-state index in [1.54, 1.807) is 0 Å². The van der Waals surface area contributed by atoms with Crippen molar-refractivity contribution in [2.45, 2.75) is 39.7 Å². The molecule has 0 saturated heterocycles. The fraction of sp³-hybridized carbons (Fsp3) is 0.286. The normalized spacial score (nSPS) is 11.3. The van der Waals surface area contributed by atoms with Crippen LogP contribution in [0, 0.1) is 6.92 Å². The Balaban J connectivity index is 1.59. The lowest BCUT2D eigenvalue weighted by Gasteiger charge is -2.10. The molecule has 1 aromatic heterocycles. The van der Waals surface area contributed by atoms with Gasteiger partial charge in [-0.05, 0) is 42.3 Å². The van der Waals surface area contributed by atoms with Crippen LogP contribution in [0.1, 0.15) is 37.8 Å². The fourth-order valence-corrected chi connectivity index (χ4v) is 2.51. The Kier molecular flexibility index (Phi) is 5.26. The molecule has 3 rings (SSSR count). The van der Waals surface area contributed by atoms with E-state index in [0.29, 0.717) is 23.9 Å². The zero-order valence-corrected chi connectivity index (χ0v) is 16.0. The van der Waals surface area contributed by atoms with Gasteiger partial charge in [0.2, 0.25) is 11.7 Å². The van der Waals surface area contributed by atoms with Gasteiger partial charge in [0.05, 0.1) is 0 Å². The second-order valence-corrected chi connectivity index (χ2v) is 7.48. The van der Waals surface area contributed by atoms with Crippen molar-refractivity contribution >= 4 is 11.7 Å². The van der Waals surface area contributed by atoms with Crippen LogP contribution in [0.4, 0.5) is 10.5 Å². The number of rotatable bonds is 4. The van der Waals surface area contributed by atoms with E-state index in [1.165, 1.54) is 0 Å². The number of nitrogens with zero attached hydrogens (tertiary/aromatic N) is 2. The number of aromatic nitrogens is 2. The second-order valence-electron chi connectivity index (χ2n) is 7.48. The minimum atomic E-state index is -0.249. The number of hydrogen-bond donors (Lipinski definition) is 2. The Hall–Kier alpha value is -3.15. The fourth-order valence-electron chi connectivity index (χ4n) is 2.51. The van der Waals surface area contributed by atoms with Crippen LogP contribution in [-0.2, 0) is 12.0 Å². The monoisotopic (exact) mass is 364 g/mol. The van der Waals surface area contributed by atoms with Crippen molar-refractivity contribution < 1.29 is 9.32 Å². The van der Waals surface area contributed by atoms with Crippen LogP contribution in [-0.4, -0.2) is 16.2 Å². The molecular weight excluding hydrogens is 340 g/mol. The van der Waals surface area contributed by atoms with Crippen LogP contribution in [0.25, 0.3) is 11.4 Å². The number of amides is 2. The average molecular weight is 364 g/mol. The number of aryl methyl sites for hydroxylation is 1. The maximum absolute atomic E-state index is 12.1. The number of carbonyl (C=O) groups is 1. The number of carbonyl (C=O) groups excluding carboxylic acids is 1. The van der Waals surface area contributed by atoms with Crippen LogP contribution in [0.2, 0.25) is 0 Å². The summed E-state index contributed by atoms with van der Waals surface area (Å²) in [7, 11) is 0. The lowest BCUT2D eigenvalue weighted by molar-refractivity contribution is 0.251. The van der Waals surface area contributed by atoms with Crippen molar-refractivity contribution in [1.29, 1.82) is 0 Å². The first-order chi connectivity index (χ1) is 12.8. The van der Waals surface area contributed by atoms with Crippen molar-refractivity contribution in [2.75, 3.05) is 5.32 Å². The number of nitrogens with one attached hydrogen (secondary N) is 2. The Morgan fingerprint density at radius 3 is 2.41 bits per heavy atom. The molecule has 0 aliphatic carbocycles. The van der Waals surface area contributed by atoms with Crippen molar-refractivity contribution in [2.24, 2.45) is 0 Å². The molecule has 6 nitrogen and oxygen atoms in total. The van der Waals surface area contributed by atoms with Crippen molar-refractivity contribution in [3.05, 3.63) is 65.5 Å². The van der Waals surface area contributed by atoms with E-state index in [4.69, 9.17) is 4.52 Å². The minimum absolute atomic E-state index is 0.193. The maximum atomic E-state index is 12.1. The number of anilines is 1. The number of urea groups is 1. The standard InChI is InChI=1S/C21H24N4O2/c1-14-7-5-6-8-16(14)13-22-20(26)23-17-11-9-15(10-12-17)18-24-19(27-25-18)21(2,3)4/h5-12H,13H2,1-4H3,(H2,22,23,26). The molecule has 0 fully saturated rings. The molecule has 3 aromatic rings. The average Bonchev–Trinajstić information content (AvgIpc) is 3.12. The van der Waals surface area contributed by atoms with E-state index in [2.05, 4.69) is 20.8 Å². The molecule has 0 aliphatic heterocycles. The van der Waals surface area contributed by atoms with Crippen LogP contribution >= 0.6 is 0 Å². The van der Waals surface area contributed by atoms with Gasteiger partial charge in [0.25, 0.3) is 0 Å². The van der Waals surface area contributed by atoms with Gasteiger partial charge in [-0.25, -0.2) is 4.79 Å². The van der Waals surface area contributed by atoms with Gasteiger partial charge in [0.1, 0.15) is 0 Å². The molecule has 1 heterocycles. The van der Waals surface area contributed by atoms with Crippen molar-refractivity contribution in [3.8, 4) is 11.4 Å². The van der Waals surface area contributed by atoms with Gasteiger partial charge in [-0.3, -0.25) is 0 Å². The summed E-state index contributed by atoms with van der Waals surface area (Å²) in [5.41, 5.74) is 3.58. The third-order valence-electron chi connectivity index (χ3n) is 4.17. The highest BCUT2D eigenvalue weighted by Gasteiger charge is 2.22. The first-order valence-electron chi connectivity index (χ1n) is 8.87. The molecule has 27 heavy (non-hydrogen) atoms. The quantitative estimate of drug-likeness (QED) is 0.705. The molecule has 0 saturated carbocycles. The largest absolute Gasteiger partial charge is 0.338 e. The molecule has 2 aromatic carbocycles. The molecule has 2 N–H and O–H groups in total. The van der Waals surface area contributed by atoms with E-state index in [0.717, 1.165) is 16.7 Å². The summed E-state index contributed by atoms with van der Waals surface area (Å²) < 4.78 is 5.32. The van der Waals surface area contributed by atoms with Crippen LogP contribution in [0.5, 0.6) is 0 Å². The smallest absolute Gasteiger partial charge is 0.319 e. The SMILES string of the molecule is Cc1ccccc1CNC(=O)Nc1ccc(-c2noc(C(C)(C)C)n2)cc1. The molecule has 0 aliphatic rings. The Morgan fingerprint density at radius 1 is 1.07 bits per heavy atom. The molecule has 0 unspecified atom stereocenters. The lowest BCUT2D eigenvalue weighted by atomic mass is 9.97. The highest BCUT2D eigenvalue weighted by molar-refractivity contribution is 5.89. The number of hydrogen-bond acceptors (Lipinski definition) is 4. The summed E-state index contributed by atoms with van der Waals surface area (Å²) >= 11 is 0. The van der Waals surface area contributed by atoms with Gasteiger partial charge in [0.15, 0.2) is 0 Å². The summed E-state index contributed by atoms with van der Waals surface area (Å²) in [6.07, 6.45) is 0. The predicted molar refractivity (Wildman–Crippen MR) is 105 cm³/mol. The summed E-state index contributed by atoms with van der Waals surface area (Å²) in [4.78, 5) is 16.5. The molecule has 0 atom stereocenters. The summed E-state index contributed by atoms with van der Waals surface area (Å²) in [5.74, 6) is 1.13. The molecular formula is C21H24N4O2. The van der Waals surface area contributed by atoms with Crippen LogP contribution in [0.15, 0.2) is 53.1 Å². The Morgan fingerprint density at radius 2 is 1.78 bits per heavy atom. The molecule has 140 valence electrons.